The molecule has 23 heavy (non-hydrogen) atoms. The molecule has 5 heteroatoms. The molecule has 128 valence electrons. The van der Waals surface area contributed by atoms with Crippen molar-refractivity contribution in [2.24, 2.45) is 5.41 Å². The second-order valence-corrected chi connectivity index (χ2v) is 8.84. The number of ketones is 1. The Balaban J connectivity index is 3.18. The Hall–Kier alpha value is -1.62. The fourth-order valence-corrected chi connectivity index (χ4v) is 4.39. The van der Waals surface area contributed by atoms with E-state index >= 15 is 0 Å². The fourth-order valence-electron chi connectivity index (χ4n) is 2.69. The molecular formula is C18H26O4S. The molecule has 0 amide bonds. The number of hydrogen-bond donors (Lipinski definition) is 0. The highest BCUT2D eigenvalue weighted by Crippen LogP contribution is 2.26. The molecule has 0 N–H and O–H groups in total. The van der Waals surface area contributed by atoms with Crippen LogP contribution in [0.2, 0.25) is 0 Å². The van der Waals surface area contributed by atoms with Crippen LogP contribution in [0.3, 0.4) is 0 Å². The summed E-state index contributed by atoms with van der Waals surface area (Å²) in [5, 5.41) is 0. The molecule has 1 aromatic rings. The Morgan fingerprint density at radius 2 is 1.61 bits per heavy atom. The lowest BCUT2D eigenvalue weighted by Crippen LogP contribution is -2.19. The van der Waals surface area contributed by atoms with Crippen molar-refractivity contribution in [1.82, 2.24) is 0 Å². The van der Waals surface area contributed by atoms with Crippen LogP contribution in [0.25, 0.3) is 0 Å². The van der Waals surface area contributed by atoms with Gasteiger partial charge in [-0.1, -0.05) is 38.5 Å². The Labute approximate surface area is 139 Å². The van der Waals surface area contributed by atoms with E-state index < -0.39 is 21.4 Å². The van der Waals surface area contributed by atoms with Gasteiger partial charge in [0.15, 0.2) is 15.6 Å². The monoisotopic (exact) mass is 338 g/mol. The summed E-state index contributed by atoms with van der Waals surface area (Å²) in [5.74, 6) is -0.563. The number of aryl methyl sites for hydroxylation is 3. The van der Waals surface area contributed by atoms with Gasteiger partial charge in [0.2, 0.25) is 0 Å². The summed E-state index contributed by atoms with van der Waals surface area (Å²) in [5.41, 5.74) is 1.98. The first-order chi connectivity index (χ1) is 10.4. The van der Waals surface area contributed by atoms with E-state index in [9.17, 15) is 13.2 Å². The first-order valence-corrected chi connectivity index (χ1v) is 9.13. The van der Waals surface area contributed by atoms with Crippen molar-refractivity contribution < 1.29 is 17.9 Å². The van der Waals surface area contributed by atoms with Gasteiger partial charge in [-0.15, -0.1) is 0 Å². The lowest BCUT2D eigenvalue weighted by atomic mass is 9.93. The van der Waals surface area contributed by atoms with Crippen LogP contribution in [0.1, 0.15) is 37.5 Å². The average molecular weight is 338 g/mol. The molecule has 0 fully saturated rings. The first kappa shape index (κ1) is 19.4. The summed E-state index contributed by atoms with van der Waals surface area (Å²) in [7, 11) is -2.21. The largest absolute Gasteiger partial charge is 0.500 e. The molecule has 0 aromatic heterocycles. The van der Waals surface area contributed by atoms with Crippen LogP contribution >= 0.6 is 0 Å². The summed E-state index contributed by atoms with van der Waals surface area (Å²) in [6.45, 7) is 11.1. The highest BCUT2D eigenvalue weighted by molar-refractivity contribution is 7.92. The molecule has 0 unspecified atom stereocenters. The smallest absolute Gasteiger partial charge is 0.186 e. The summed E-state index contributed by atoms with van der Waals surface area (Å²) < 4.78 is 30.5. The van der Waals surface area contributed by atoms with Crippen LogP contribution < -0.4 is 0 Å². The third-order valence-electron chi connectivity index (χ3n) is 3.50. The highest BCUT2D eigenvalue weighted by Gasteiger charge is 2.25. The zero-order chi connectivity index (χ0) is 18.0. The molecule has 0 saturated heterocycles. The molecule has 0 aliphatic carbocycles. The van der Waals surface area contributed by atoms with Gasteiger partial charge in [-0.25, -0.2) is 8.42 Å². The highest BCUT2D eigenvalue weighted by atomic mass is 32.2. The molecule has 0 aliphatic heterocycles. The zero-order valence-electron chi connectivity index (χ0n) is 15.0. The van der Waals surface area contributed by atoms with Gasteiger partial charge in [-0.3, -0.25) is 4.79 Å². The van der Waals surface area contributed by atoms with E-state index in [1.807, 2.05) is 39.8 Å². The van der Waals surface area contributed by atoms with Gasteiger partial charge in [0.25, 0.3) is 0 Å². The van der Waals surface area contributed by atoms with Gasteiger partial charge in [0.05, 0.1) is 12.0 Å². The van der Waals surface area contributed by atoms with E-state index in [-0.39, 0.29) is 10.3 Å². The molecule has 0 radical (unpaired) electrons. The molecule has 1 rings (SSSR count). The Bertz CT molecular complexity index is 712. The van der Waals surface area contributed by atoms with Crippen molar-refractivity contribution in [3.8, 4) is 0 Å². The second kappa shape index (κ2) is 6.87. The van der Waals surface area contributed by atoms with Gasteiger partial charge in [-0.2, -0.15) is 0 Å². The van der Waals surface area contributed by atoms with Crippen LogP contribution in [-0.2, 0) is 19.4 Å². The third-order valence-corrected chi connectivity index (χ3v) is 5.43. The van der Waals surface area contributed by atoms with Gasteiger partial charge in [-0.05, 0) is 31.9 Å². The molecule has 1 aromatic carbocycles. The van der Waals surface area contributed by atoms with E-state index in [1.54, 1.807) is 13.8 Å². The molecule has 0 atom stereocenters. The van der Waals surface area contributed by atoms with Crippen molar-refractivity contribution in [2.75, 3.05) is 12.9 Å². The maximum Gasteiger partial charge on any atom is 0.186 e. The van der Waals surface area contributed by atoms with Gasteiger partial charge in [0, 0.05) is 11.5 Å². The Kier molecular flexibility index (Phi) is 5.80. The summed E-state index contributed by atoms with van der Waals surface area (Å²) in [6, 6.07) is 3.63. The minimum Gasteiger partial charge on any atom is -0.500 e. The minimum absolute atomic E-state index is 0.250. The van der Waals surface area contributed by atoms with E-state index in [4.69, 9.17) is 4.74 Å². The topological polar surface area (TPSA) is 60.4 Å². The molecule has 0 aliphatic rings. The van der Waals surface area contributed by atoms with Crippen molar-refractivity contribution in [2.45, 2.75) is 46.4 Å². The summed E-state index contributed by atoms with van der Waals surface area (Å²) >= 11 is 0. The van der Waals surface area contributed by atoms with E-state index in [1.165, 1.54) is 13.2 Å². The fraction of sp³-hybridized carbons (Fsp3) is 0.500. The quantitative estimate of drug-likeness (QED) is 0.609. The predicted octanol–water partition coefficient (Wildman–Crippen LogP) is 3.53. The number of carbonyl (C=O) groups excluding carboxylic acids is 1. The molecule has 0 spiro atoms. The molecular weight excluding hydrogens is 312 g/mol. The lowest BCUT2D eigenvalue weighted by molar-refractivity contribution is -0.112. The molecule has 0 bridgehead atoms. The minimum atomic E-state index is -3.69. The van der Waals surface area contributed by atoms with Gasteiger partial charge < -0.3 is 4.74 Å². The second-order valence-electron chi connectivity index (χ2n) is 6.92. The number of hydrogen-bond acceptors (Lipinski definition) is 4. The molecule has 4 nitrogen and oxygen atoms in total. The Morgan fingerprint density at radius 3 is 2.00 bits per heavy atom. The van der Waals surface area contributed by atoms with Gasteiger partial charge in [0.1, 0.15) is 11.5 Å². The van der Waals surface area contributed by atoms with E-state index in [0.717, 1.165) is 5.56 Å². The standard InChI is InChI=1S/C18H26O4S/c1-12-8-13(2)17(14(3)9-12)23(20,21)11-15(19)10-16(22-7)18(4,5)6/h8-10H,11H2,1-7H3/b16-10+. The van der Waals surface area contributed by atoms with Crippen LogP contribution in [0, 0.1) is 26.2 Å². The third kappa shape index (κ3) is 4.93. The normalized spacial score (nSPS) is 13.1. The van der Waals surface area contributed by atoms with Crippen LogP contribution in [0.5, 0.6) is 0 Å². The van der Waals surface area contributed by atoms with E-state index in [2.05, 4.69) is 0 Å². The SMILES string of the molecule is CO/C(=C/C(=O)CS(=O)(=O)c1c(C)cc(C)cc1C)C(C)(C)C. The van der Waals surface area contributed by atoms with Crippen molar-refractivity contribution >= 4 is 15.6 Å². The van der Waals surface area contributed by atoms with Crippen LogP contribution in [0.4, 0.5) is 0 Å². The maximum atomic E-state index is 12.6. The number of carbonyl (C=O) groups is 1. The van der Waals surface area contributed by atoms with Crippen LogP contribution in [0.15, 0.2) is 28.9 Å². The number of benzene rings is 1. The zero-order valence-corrected chi connectivity index (χ0v) is 15.8. The number of sulfone groups is 1. The van der Waals surface area contributed by atoms with Crippen molar-refractivity contribution in [3.05, 3.63) is 40.7 Å². The van der Waals surface area contributed by atoms with Crippen molar-refractivity contribution in [3.63, 3.8) is 0 Å². The summed E-state index contributed by atoms with van der Waals surface area (Å²) in [4.78, 5) is 12.5. The number of allylic oxidation sites excluding steroid dienone is 2. The number of methoxy groups -OCH3 is 1. The lowest BCUT2D eigenvalue weighted by Gasteiger charge is -2.21. The van der Waals surface area contributed by atoms with Crippen LogP contribution in [-0.4, -0.2) is 27.1 Å². The Morgan fingerprint density at radius 1 is 1.13 bits per heavy atom. The predicted molar refractivity (Wildman–Crippen MR) is 92.3 cm³/mol. The maximum absolute atomic E-state index is 12.6. The molecule has 0 saturated carbocycles. The van der Waals surface area contributed by atoms with Gasteiger partial charge >= 0.3 is 0 Å². The van der Waals surface area contributed by atoms with E-state index in [0.29, 0.717) is 16.9 Å². The van der Waals surface area contributed by atoms with Crippen molar-refractivity contribution in [1.29, 1.82) is 0 Å². The molecule has 0 heterocycles. The first-order valence-electron chi connectivity index (χ1n) is 7.48. The number of ether oxygens (including phenoxy) is 1. The number of rotatable bonds is 5. The average Bonchev–Trinajstić information content (AvgIpc) is 2.31. The summed E-state index contributed by atoms with van der Waals surface area (Å²) in [6.07, 6.45) is 1.29.